The van der Waals surface area contributed by atoms with Crippen molar-refractivity contribution in [3.8, 4) is 5.75 Å². The molecular formula is C20H23N3O6S. The van der Waals surface area contributed by atoms with Crippen molar-refractivity contribution in [1.29, 1.82) is 0 Å². The molecular weight excluding hydrogens is 410 g/mol. The van der Waals surface area contributed by atoms with Crippen molar-refractivity contribution in [2.24, 2.45) is 5.10 Å². The van der Waals surface area contributed by atoms with E-state index in [0.717, 1.165) is 10.6 Å². The van der Waals surface area contributed by atoms with Crippen molar-refractivity contribution >= 4 is 33.8 Å². The Balaban J connectivity index is 2.11. The standard InChI is InChI=1S/C20H23N3O6S/c1-14(23(30(4,26)27)17-9-11-18(28-2)12-10-17)19(24)22-21-13-15-5-7-16(8-6-15)20(25)29-3/h5-14H,1-4H3,(H,22,24)/b21-13-/t14-/m1/s1. The Bertz CT molecular complexity index is 1020. The van der Waals surface area contributed by atoms with Gasteiger partial charge in [0, 0.05) is 0 Å². The van der Waals surface area contributed by atoms with Crippen LogP contribution in [0.25, 0.3) is 0 Å². The Morgan fingerprint density at radius 1 is 1.07 bits per heavy atom. The van der Waals surface area contributed by atoms with Crippen molar-refractivity contribution in [3.63, 3.8) is 0 Å². The number of amides is 1. The molecule has 0 heterocycles. The molecule has 0 aliphatic heterocycles. The number of nitrogens with zero attached hydrogens (tertiary/aromatic N) is 2. The highest BCUT2D eigenvalue weighted by Crippen LogP contribution is 2.23. The van der Waals surface area contributed by atoms with Crippen LogP contribution >= 0.6 is 0 Å². The van der Waals surface area contributed by atoms with Gasteiger partial charge in [0.25, 0.3) is 5.91 Å². The number of carbonyl (C=O) groups excluding carboxylic acids is 2. The number of sulfonamides is 1. The van der Waals surface area contributed by atoms with E-state index in [1.165, 1.54) is 27.4 Å². The lowest BCUT2D eigenvalue weighted by Crippen LogP contribution is -2.46. The van der Waals surface area contributed by atoms with Crippen molar-refractivity contribution < 1.29 is 27.5 Å². The summed E-state index contributed by atoms with van der Waals surface area (Å²) in [5.41, 5.74) is 3.67. The van der Waals surface area contributed by atoms with Crippen molar-refractivity contribution in [1.82, 2.24) is 5.43 Å². The van der Waals surface area contributed by atoms with E-state index < -0.39 is 27.9 Å². The molecule has 0 saturated heterocycles. The monoisotopic (exact) mass is 433 g/mol. The summed E-state index contributed by atoms with van der Waals surface area (Å²) in [6.07, 6.45) is 2.40. The molecule has 2 aromatic rings. The largest absolute Gasteiger partial charge is 0.497 e. The summed E-state index contributed by atoms with van der Waals surface area (Å²) < 4.78 is 35.3. The summed E-state index contributed by atoms with van der Waals surface area (Å²) in [6, 6.07) is 11.7. The molecule has 160 valence electrons. The molecule has 0 aromatic heterocycles. The number of carbonyl (C=O) groups is 2. The minimum Gasteiger partial charge on any atom is -0.497 e. The molecule has 0 fully saturated rings. The van der Waals surface area contributed by atoms with E-state index in [2.05, 4.69) is 15.3 Å². The second-order valence-electron chi connectivity index (χ2n) is 6.28. The number of hydrogen-bond donors (Lipinski definition) is 1. The van der Waals surface area contributed by atoms with Crippen LogP contribution in [-0.2, 0) is 19.6 Å². The van der Waals surface area contributed by atoms with Crippen LogP contribution in [0, 0.1) is 0 Å². The van der Waals surface area contributed by atoms with Gasteiger partial charge in [0.2, 0.25) is 10.0 Å². The quantitative estimate of drug-likeness (QED) is 0.386. The number of rotatable bonds is 8. The molecule has 2 rings (SSSR count). The number of ether oxygens (including phenoxy) is 2. The SMILES string of the molecule is COC(=O)c1ccc(/C=N\NC(=O)[C@@H](C)N(c2ccc(OC)cc2)S(C)(=O)=O)cc1. The number of anilines is 1. The van der Waals surface area contributed by atoms with Crippen LogP contribution in [0.1, 0.15) is 22.8 Å². The number of nitrogens with one attached hydrogen (secondary N) is 1. The predicted octanol–water partition coefficient (Wildman–Crippen LogP) is 1.79. The Labute approximate surface area is 175 Å². The maximum absolute atomic E-state index is 12.5. The van der Waals surface area contributed by atoms with Gasteiger partial charge >= 0.3 is 5.97 Å². The van der Waals surface area contributed by atoms with E-state index in [-0.39, 0.29) is 0 Å². The lowest BCUT2D eigenvalue weighted by atomic mass is 10.1. The Morgan fingerprint density at radius 2 is 1.67 bits per heavy atom. The van der Waals surface area contributed by atoms with Crippen LogP contribution in [0.2, 0.25) is 0 Å². The molecule has 10 heteroatoms. The topological polar surface area (TPSA) is 114 Å². The van der Waals surface area contributed by atoms with Crippen LogP contribution in [-0.4, -0.2) is 53.0 Å². The minimum atomic E-state index is -3.74. The van der Waals surface area contributed by atoms with E-state index in [1.54, 1.807) is 48.5 Å². The first-order valence-corrected chi connectivity index (χ1v) is 10.7. The van der Waals surface area contributed by atoms with Gasteiger partial charge < -0.3 is 9.47 Å². The normalized spacial score (nSPS) is 12.3. The van der Waals surface area contributed by atoms with Gasteiger partial charge in [-0.05, 0) is 48.9 Å². The van der Waals surface area contributed by atoms with Crippen LogP contribution in [0.3, 0.4) is 0 Å². The Hall–Kier alpha value is -3.40. The summed E-state index contributed by atoms with van der Waals surface area (Å²) in [7, 11) is -0.946. The average Bonchev–Trinajstić information content (AvgIpc) is 2.73. The lowest BCUT2D eigenvalue weighted by molar-refractivity contribution is -0.121. The molecule has 1 amide bonds. The first kappa shape index (κ1) is 22.9. The van der Waals surface area contributed by atoms with Gasteiger partial charge in [0.1, 0.15) is 11.8 Å². The van der Waals surface area contributed by atoms with Gasteiger partial charge in [-0.25, -0.2) is 18.6 Å². The first-order valence-electron chi connectivity index (χ1n) is 8.82. The molecule has 0 aliphatic rings. The lowest BCUT2D eigenvalue weighted by Gasteiger charge is -2.27. The fourth-order valence-electron chi connectivity index (χ4n) is 2.62. The van der Waals surface area contributed by atoms with Crippen LogP contribution in [0.5, 0.6) is 5.75 Å². The van der Waals surface area contributed by atoms with Crippen LogP contribution in [0.4, 0.5) is 5.69 Å². The van der Waals surface area contributed by atoms with Crippen molar-refractivity contribution in [3.05, 3.63) is 59.7 Å². The molecule has 0 saturated carbocycles. The van der Waals surface area contributed by atoms with Gasteiger partial charge in [-0.1, -0.05) is 12.1 Å². The maximum atomic E-state index is 12.5. The number of benzene rings is 2. The highest BCUT2D eigenvalue weighted by molar-refractivity contribution is 7.92. The second-order valence-corrected chi connectivity index (χ2v) is 8.14. The summed E-state index contributed by atoms with van der Waals surface area (Å²) in [4.78, 5) is 23.9. The molecule has 30 heavy (non-hydrogen) atoms. The number of hydrazone groups is 1. The summed E-state index contributed by atoms with van der Waals surface area (Å²) in [6.45, 7) is 1.46. The van der Waals surface area contributed by atoms with Crippen molar-refractivity contribution in [2.45, 2.75) is 13.0 Å². The molecule has 9 nitrogen and oxygen atoms in total. The zero-order valence-electron chi connectivity index (χ0n) is 17.0. The molecule has 0 bridgehead atoms. The average molecular weight is 433 g/mol. The van der Waals surface area contributed by atoms with Crippen LogP contribution in [0.15, 0.2) is 53.6 Å². The predicted molar refractivity (Wildman–Crippen MR) is 113 cm³/mol. The summed E-state index contributed by atoms with van der Waals surface area (Å²) in [5, 5.41) is 3.86. The molecule has 2 aromatic carbocycles. The van der Waals surface area contributed by atoms with E-state index in [4.69, 9.17) is 4.74 Å². The molecule has 1 atom stereocenters. The van der Waals surface area contributed by atoms with Crippen molar-refractivity contribution in [2.75, 3.05) is 24.8 Å². The van der Waals surface area contributed by atoms with Gasteiger partial charge in [0.05, 0.1) is 37.9 Å². The van der Waals surface area contributed by atoms with Crippen LogP contribution < -0.4 is 14.5 Å². The van der Waals surface area contributed by atoms with E-state index in [1.807, 2.05) is 0 Å². The fraction of sp³-hybridized carbons (Fsp3) is 0.250. The zero-order valence-corrected chi connectivity index (χ0v) is 17.8. The smallest absolute Gasteiger partial charge is 0.337 e. The Morgan fingerprint density at radius 3 is 2.17 bits per heavy atom. The number of hydrogen-bond acceptors (Lipinski definition) is 7. The minimum absolute atomic E-state index is 0.323. The molecule has 0 unspecified atom stereocenters. The number of esters is 1. The zero-order chi connectivity index (χ0) is 22.3. The van der Waals surface area contributed by atoms with Gasteiger partial charge in [-0.2, -0.15) is 5.10 Å². The summed E-state index contributed by atoms with van der Waals surface area (Å²) >= 11 is 0. The van der Waals surface area contributed by atoms with E-state index in [9.17, 15) is 18.0 Å². The number of methoxy groups -OCH3 is 2. The fourth-order valence-corrected chi connectivity index (χ4v) is 3.80. The van der Waals surface area contributed by atoms with Gasteiger partial charge in [-0.3, -0.25) is 9.10 Å². The third-order valence-electron chi connectivity index (χ3n) is 4.14. The summed E-state index contributed by atoms with van der Waals surface area (Å²) in [5.74, 6) is -0.509. The second kappa shape index (κ2) is 9.88. The molecule has 0 aliphatic carbocycles. The first-order chi connectivity index (χ1) is 14.2. The highest BCUT2D eigenvalue weighted by Gasteiger charge is 2.29. The maximum Gasteiger partial charge on any atom is 0.337 e. The third-order valence-corrected chi connectivity index (χ3v) is 5.38. The third kappa shape index (κ3) is 5.80. The molecule has 0 spiro atoms. The molecule has 1 N–H and O–H groups in total. The van der Waals surface area contributed by atoms with E-state index >= 15 is 0 Å². The van der Waals surface area contributed by atoms with Gasteiger partial charge in [-0.15, -0.1) is 0 Å². The van der Waals surface area contributed by atoms with E-state index in [0.29, 0.717) is 22.6 Å². The molecule has 0 radical (unpaired) electrons. The Kier molecular flexibility index (Phi) is 7.54. The van der Waals surface area contributed by atoms with Gasteiger partial charge in [0.15, 0.2) is 0 Å². The highest BCUT2D eigenvalue weighted by atomic mass is 32.2.